The van der Waals surface area contributed by atoms with Crippen LogP contribution < -0.4 is 30.2 Å². The third-order valence-electron chi connectivity index (χ3n) is 4.34. The summed E-state index contributed by atoms with van der Waals surface area (Å²) in [4.78, 5) is 24.2. The van der Waals surface area contributed by atoms with Gasteiger partial charge in [-0.3, -0.25) is 4.79 Å². The number of hydrogen-bond acceptors (Lipinski definition) is 5. The van der Waals surface area contributed by atoms with Crippen LogP contribution in [0.15, 0.2) is 36.4 Å². The van der Waals surface area contributed by atoms with Crippen LogP contribution in [0.1, 0.15) is 25.0 Å². The molecule has 162 valence electrons. The molecule has 2 aromatic rings. The third-order valence-corrected chi connectivity index (χ3v) is 4.34. The van der Waals surface area contributed by atoms with Crippen LogP contribution in [0.2, 0.25) is 0 Å². The molecule has 0 heterocycles. The van der Waals surface area contributed by atoms with E-state index in [0.717, 1.165) is 23.2 Å². The highest BCUT2D eigenvalue weighted by atomic mass is 16.5. The van der Waals surface area contributed by atoms with Crippen LogP contribution in [0.5, 0.6) is 17.2 Å². The van der Waals surface area contributed by atoms with Gasteiger partial charge < -0.3 is 30.2 Å². The van der Waals surface area contributed by atoms with Crippen molar-refractivity contribution in [1.82, 2.24) is 10.6 Å². The van der Waals surface area contributed by atoms with Crippen molar-refractivity contribution in [3.8, 4) is 17.2 Å². The fourth-order valence-corrected chi connectivity index (χ4v) is 2.87. The molecule has 0 aromatic heterocycles. The van der Waals surface area contributed by atoms with Crippen LogP contribution in [0.4, 0.5) is 10.5 Å². The van der Waals surface area contributed by atoms with Gasteiger partial charge in [0.1, 0.15) is 0 Å². The number of urea groups is 1. The molecule has 3 amide bonds. The molecule has 0 bridgehead atoms. The molecule has 0 aliphatic carbocycles. The summed E-state index contributed by atoms with van der Waals surface area (Å²) in [6.45, 7) is 4.44. The van der Waals surface area contributed by atoms with E-state index in [-0.39, 0.29) is 19.0 Å². The Morgan fingerprint density at radius 1 is 0.967 bits per heavy atom. The van der Waals surface area contributed by atoms with Crippen molar-refractivity contribution in [2.24, 2.45) is 0 Å². The zero-order valence-corrected chi connectivity index (χ0v) is 17.8. The van der Waals surface area contributed by atoms with Crippen molar-refractivity contribution in [3.05, 3.63) is 47.5 Å². The largest absolute Gasteiger partial charge is 0.493 e. The molecule has 8 heteroatoms. The highest BCUT2D eigenvalue weighted by Crippen LogP contribution is 2.38. The summed E-state index contributed by atoms with van der Waals surface area (Å²) in [6.07, 6.45) is 0.805. The Morgan fingerprint density at radius 2 is 1.63 bits per heavy atom. The van der Waals surface area contributed by atoms with E-state index in [0.29, 0.717) is 23.9 Å². The van der Waals surface area contributed by atoms with Crippen LogP contribution in [0.25, 0.3) is 0 Å². The minimum atomic E-state index is -0.458. The van der Waals surface area contributed by atoms with Crippen LogP contribution in [-0.2, 0) is 17.8 Å². The number of nitrogens with one attached hydrogen (secondary N) is 3. The van der Waals surface area contributed by atoms with Gasteiger partial charge in [-0.15, -0.1) is 0 Å². The molecular weight excluding hydrogens is 386 g/mol. The lowest BCUT2D eigenvalue weighted by molar-refractivity contribution is -0.115. The second-order valence-electron chi connectivity index (χ2n) is 6.36. The number of hydrogen-bond donors (Lipinski definition) is 3. The molecule has 0 aliphatic heterocycles. The molecule has 2 rings (SSSR count). The highest BCUT2D eigenvalue weighted by Gasteiger charge is 2.14. The number of benzene rings is 2. The first-order valence-corrected chi connectivity index (χ1v) is 9.79. The molecular formula is C22H29N3O5. The Labute approximate surface area is 176 Å². The number of anilines is 1. The summed E-state index contributed by atoms with van der Waals surface area (Å²) in [7, 11) is 3.08. The monoisotopic (exact) mass is 415 g/mol. The Morgan fingerprint density at radius 3 is 2.23 bits per heavy atom. The molecule has 0 unspecified atom stereocenters. The maximum atomic E-state index is 12.1. The van der Waals surface area contributed by atoms with Gasteiger partial charge in [0.15, 0.2) is 11.5 Å². The summed E-state index contributed by atoms with van der Waals surface area (Å²) in [6, 6.07) is 10.6. The number of methoxy groups -OCH3 is 2. The lowest BCUT2D eigenvalue weighted by Crippen LogP contribution is -2.39. The van der Waals surface area contributed by atoms with Crippen LogP contribution in [-0.4, -0.2) is 39.3 Å². The third kappa shape index (κ3) is 6.30. The first kappa shape index (κ1) is 22.9. The minimum absolute atomic E-state index is 0.139. The van der Waals surface area contributed by atoms with Crippen molar-refractivity contribution in [2.45, 2.75) is 26.8 Å². The standard InChI is InChI=1S/C22H29N3O5/c1-5-16-9-7-8-10-17(16)25-20(26)14-24-22(27)23-13-15-11-18(28-3)21(30-6-2)19(12-15)29-4/h7-12H,5-6,13-14H2,1-4H3,(H,25,26)(H2,23,24,27). The zero-order chi connectivity index (χ0) is 21.9. The molecule has 3 N–H and O–H groups in total. The molecule has 0 radical (unpaired) electrons. The second kappa shape index (κ2) is 11.5. The zero-order valence-electron chi connectivity index (χ0n) is 17.8. The average Bonchev–Trinajstić information content (AvgIpc) is 2.77. The van der Waals surface area contributed by atoms with Crippen LogP contribution >= 0.6 is 0 Å². The number of carbonyl (C=O) groups is 2. The second-order valence-corrected chi connectivity index (χ2v) is 6.36. The number of para-hydroxylation sites is 1. The number of rotatable bonds is 10. The SMILES string of the molecule is CCOc1c(OC)cc(CNC(=O)NCC(=O)Nc2ccccc2CC)cc1OC. The van der Waals surface area contributed by atoms with E-state index in [4.69, 9.17) is 14.2 Å². The Balaban J connectivity index is 1.89. The van der Waals surface area contributed by atoms with E-state index in [2.05, 4.69) is 16.0 Å². The fourth-order valence-electron chi connectivity index (χ4n) is 2.87. The number of ether oxygens (including phenoxy) is 3. The van der Waals surface area contributed by atoms with E-state index in [1.54, 1.807) is 12.1 Å². The van der Waals surface area contributed by atoms with E-state index >= 15 is 0 Å². The van der Waals surface area contributed by atoms with Crippen molar-refractivity contribution in [2.75, 3.05) is 32.7 Å². The summed E-state index contributed by atoms with van der Waals surface area (Å²) in [5.41, 5.74) is 2.55. The van der Waals surface area contributed by atoms with Gasteiger partial charge in [0.2, 0.25) is 11.7 Å². The Kier molecular flexibility index (Phi) is 8.80. The summed E-state index contributed by atoms with van der Waals surface area (Å²) in [5, 5.41) is 8.07. The molecule has 30 heavy (non-hydrogen) atoms. The molecule has 0 spiro atoms. The Hall–Kier alpha value is -3.42. The molecule has 0 saturated carbocycles. The predicted molar refractivity (Wildman–Crippen MR) is 115 cm³/mol. The lowest BCUT2D eigenvalue weighted by atomic mass is 10.1. The first-order valence-electron chi connectivity index (χ1n) is 9.79. The van der Waals surface area contributed by atoms with Crippen molar-refractivity contribution in [3.63, 3.8) is 0 Å². The van der Waals surface area contributed by atoms with Gasteiger partial charge in [0.05, 0.1) is 27.4 Å². The first-order chi connectivity index (χ1) is 14.5. The van der Waals surface area contributed by atoms with Crippen LogP contribution in [0, 0.1) is 0 Å². The number of amides is 3. The maximum Gasteiger partial charge on any atom is 0.315 e. The van der Waals surface area contributed by atoms with Gasteiger partial charge in [-0.05, 0) is 42.7 Å². The van der Waals surface area contributed by atoms with E-state index in [9.17, 15) is 9.59 Å². The normalized spacial score (nSPS) is 10.1. The summed E-state index contributed by atoms with van der Waals surface area (Å²) in [5.74, 6) is 1.25. The fraction of sp³-hybridized carbons (Fsp3) is 0.364. The minimum Gasteiger partial charge on any atom is -0.493 e. The molecule has 8 nitrogen and oxygen atoms in total. The molecule has 0 atom stereocenters. The molecule has 2 aromatic carbocycles. The van der Waals surface area contributed by atoms with Crippen LogP contribution in [0.3, 0.4) is 0 Å². The predicted octanol–water partition coefficient (Wildman–Crippen LogP) is 3.10. The quantitative estimate of drug-likeness (QED) is 0.554. The molecule has 0 aliphatic rings. The topological polar surface area (TPSA) is 97.9 Å². The molecule has 0 fully saturated rings. The van der Waals surface area contributed by atoms with Crippen molar-refractivity contribution < 1.29 is 23.8 Å². The smallest absolute Gasteiger partial charge is 0.315 e. The van der Waals surface area contributed by atoms with Gasteiger partial charge in [0, 0.05) is 12.2 Å². The number of carbonyl (C=O) groups excluding carboxylic acids is 2. The van der Waals surface area contributed by atoms with E-state index < -0.39 is 6.03 Å². The number of aryl methyl sites for hydroxylation is 1. The Bertz CT molecular complexity index is 845. The van der Waals surface area contributed by atoms with E-state index in [1.165, 1.54) is 14.2 Å². The summed E-state index contributed by atoms with van der Waals surface area (Å²) >= 11 is 0. The van der Waals surface area contributed by atoms with Gasteiger partial charge in [-0.2, -0.15) is 0 Å². The van der Waals surface area contributed by atoms with Gasteiger partial charge in [-0.25, -0.2) is 4.79 Å². The van der Waals surface area contributed by atoms with Gasteiger partial charge in [0.25, 0.3) is 0 Å². The lowest BCUT2D eigenvalue weighted by Gasteiger charge is -2.16. The van der Waals surface area contributed by atoms with Crippen molar-refractivity contribution in [1.29, 1.82) is 0 Å². The maximum absolute atomic E-state index is 12.1. The average molecular weight is 415 g/mol. The van der Waals surface area contributed by atoms with Gasteiger partial charge >= 0.3 is 6.03 Å². The van der Waals surface area contributed by atoms with Crippen molar-refractivity contribution >= 4 is 17.6 Å². The summed E-state index contributed by atoms with van der Waals surface area (Å²) < 4.78 is 16.3. The molecule has 0 saturated heterocycles. The van der Waals surface area contributed by atoms with E-state index in [1.807, 2.05) is 38.1 Å². The van der Waals surface area contributed by atoms with Gasteiger partial charge in [-0.1, -0.05) is 25.1 Å². The highest BCUT2D eigenvalue weighted by molar-refractivity contribution is 5.94.